The van der Waals surface area contributed by atoms with Gasteiger partial charge in [0.25, 0.3) is 0 Å². The van der Waals surface area contributed by atoms with Crippen LogP contribution in [-0.4, -0.2) is 11.2 Å². The highest BCUT2D eigenvalue weighted by Crippen LogP contribution is 2.39. The molecule has 1 aromatic rings. The van der Waals surface area contributed by atoms with Crippen molar-refractivity contribution in [1.82, 2.24) is 0 Å². The Kier molecular flexibility index (Phi) is 4.50. The van der Waals surface area contributed by atoms with Crippen LogP contribution in [0, 0.1) is 11.3 Å². The van der Waals surface area contributed by atoms with Crippen molar-refractivity contribution >= 4 is 15.9 Å². The Balaban J connectivity index is 1.91. The minimum atomic E-state index is -0.185. The second kappa shape index (κ2) is 5.75. The lowest BCUT2D eigenvalue weighted by atomic mass is 9.71. The van der Waals surface area contributed by atoms with Gasteiger partial charge in [-0.05, 0) is 61.1 Å². The fourth-order valence-electron chi connectivity index (χ4n) is 2.88. The van der Waals surface area contributed by atoms with Crippen molar-refractivity contribution in [3.8, 4) is 0 Å². The smallest absolute Gasteiger partial charge is 0.0608 e. The molecule has 2 rings (SSSR count). The van der Waals surface area contributed by atoms with Gasteiger partial charge >= 0.3 is 0 Å². The molecular weight excluding hydrogens is 288 g/mol. The monoisotopic (exact) mass is 310 g/mol. The molecule has 0 spiro atoms. The molecule has 1 N–H and O–H groups in total. The molecule has 1 atom stereocenters. The summed E-state index contributed by atoms with van der Waals surface area (Å²) in [6.45, 7) is 4.67. The number of aliphatic hydroxyl groups is 1. The van der Waals surface area contributed by atoms with Gasteiger partial charge < -0.3 is 5.11 Å². The second-order valence-electron chi connectivity index (χ2n) is 6.40. The zero-order valence-electron chi connectivity index (χ0n) is 11.3. The second-order valence-corrected chi connectivity index (χ2v) is 7.32. The van der Waals surface area contributed by atoms with Crippen LogP contribution in [0.25, 0.3) is 0 Å². The Morgan fingerprint density at radius 2 is 2.00 bits per heavy atom. The maximum atomic E-state index is 10.4. The van der Waals surface area contributed by atoms with Crippen LogP contribution in [0.4, 0.5) is 0 Å². The molecule has 0 saturated heterocycles. The summed E-state index contributed by atoms with van der Waals surface area (Å²) in [5.41, 5.74) is 1.70. The number of rotatable bonds is 3. The van der Waals surface area contributed by atoms with Crippen LogP contribution in [0.15, 0.2) is 28.7 Å². The van der Waals surface area contributed by atoms with Crippen LogP contribution < -0.4 is 0 Å². The van der Waals surface area contributed by atoms with Crippen LogP contribution in [-0.2, 0) is 6.42 Å². The third-order valence-electron chi connectivity index (χ3n) is 4.26. The number of hydrogen-bond donors (Lipinski definition) is 1. The molecule has 0 aliphatic heterocycles. The van der Waals surface area contributed by atoms with Gasteiger partial charge in [0.1, 0.15) is 0 Å². The summed E-state index contributed by atoms with van der Waals surface area (Å²) in [5, 5.41) is 10.4. The standard InChI is InChI=1S/C16H23BrO/c1-16(2)8-6-13(7-9-16)15(18)11-12-4-3-5-14(17)10-12/h3-5,10,13,15,18H,6-9,11H2,1-2H3. The third kappa shape index (κ3) is 3.83. The minimum Gasteiger partial charge on any atom is -0.392 e. The third-order valence-corrected chi connectivity index (χ3v) is 4.76. The van der Waals surface area contributed by atoms with E-state index < -0.39 is 0 Å². The van der Waals surface area contributed by atoms with Crippen LogP contribution in [0.2, 0.25) is 0 Å². The lowest BCUT2D eigenvalue weighted by molar-refractivity contribution is 0.0576. The molecule has 1 aliphatic carbocycles. The molecule has 1 fully saturated rings. The number of aliphatic hydroxyl groups excluding tert-OH is 1. The number of hydrogen-bond acceptors (Lipinski definition) is 1. The van der Waals surface area contributed by atoms with E-state index >= 15 is 0 Å². The molecule has 1 nitrogen and oxygen atoms in total. The van der Waals surface area contributed by atoms with Crippen molar-refractivity contribution in [2.75, 3.05) is 0 Å². The van der Waals surface area contributed by atoms with Gasteiger partial charge in [-0.1, -0.05) is 41.9 Å². The predicted molar refractivity (Wildman–Crippen MR) is 79.6 cm³/mol. The summed E-state index contributed by atoms with van der Waals surface area (Å²) in [4.78, 5) is 0. The van der Waals surface area contributed by atoms with Gasteiger partial charge in [-0.3, -0.25) is 0 Å². The van der Waals surface area contributed by atoms with Crippen molar-refractivity contribution < 1.29 is 5.11 Å². The topological polar surface area (TPSA) is 20.2 Å². The first kappa shape index (κ1) is 14.1. The van der Waals surface area contributed by atoms with E-state index in [1.54, 1.807) is 0 Å². The molecule has 0 bridgehead atoms. The summed E-state index contributed by atoms with van der Waals surface area (Å²) in [5.74, 6) is 0.483. The molecule has 0 amide bonds. The van der Waals surface area contributed by atoms with E-state index in [4.69, 9.17) is 0 Å². The number of halogens is 1. The average molecular weight is 311 g/mol. The molecular formula is C16H23BrO. The van der Waals surface area contributed by atoms with Gasteiger partial charge in [0.15, 0.2) is 0 Å². The Hall–Kier alpha value is -0.340. The first-order valence-corrected chi connectivity index (χ1v) is 7.68. The maximum Gasteiger partial charge on any atom is 0.0608 e. The minimum absolute atomic E-state index is 0.185. The van der Waals surface area contributed by atoms with E-state index in [-0.39, 0.29) is 6.10 Å². The van der Waals surface area contributed by atoms with Gasteiger partial charge in [-0.2, -0.15) is 0 Å². The summed E-state index contributed by atoms with van der Waals surface area (Å²) in [7, 11) is 0. The molecule has 1 unspecified atom stereocenters. The van der Waals surface area contributed by atoms with E-state index in [0.29, 0.717) is 11.3 Å². The zero-order chi connectivity index (χ0) is 13.2. The van der Waals surface area contributed by atoms with Crippen molar-refractivity contribution in [2.45, 2.75) is 52.1 Å². The van der Waals surface area contributed by atoms with Gasteiger partial charge in [-0.15, -0.1) is 0 Å². The van der Waals surface area contributed by atoms with Crippen molar-refractivity contribution in [3.63, 3.8) is 0 Å². The Labute approximate surface area is 119 Å². The highest BCUT2D eigenvalue weighted by atomic mass is 79.9. The SMILES string of the molecule is CC1(C)CCC(C(O)Cc2cccc(Br)c2)CC1. The Bertz CT molecular complexity index is 390. The van der Waals surface area contributed by atoms with E-state index in [1.807, 2.05) is 12.1 Å². The highest BCUT2D eigenvalue weighted by molar-refractivity contribution is 9.10. The molecule has 1 saturated carbocycles. The molecule has 1 aromatic carbocycles. The van der Waals surface area contributed by atoms with Crippen LogP contribution >= 0.6 is 15.9 Å². The van der Waals surface area contributed by atoms with Gasteiger partial charge in [0, 0.05) is 4.47 Å². The van der Waals surface area contributed by atoms with Crippen molar-refractivity contribution in [1.29, 1.82) is 0 Å². The molecule has 2 heteroatoms. The highest BCUT2D eigenvalue weighted by Gasteiger charge is 2.30. The van der Waals surface area contributed by atoms with E-state index in [2.05, 4.69) is 41.9 Å². The van der Waals surface area contributed by atoms with E-state index in [9.17, 15) is 5.11 Å². The first-order chi connectivity index (χ1) is 8.46. The molecule has 0 aromatic heterocycles. The average Bonchev–Trinajstić information content (AvgIpc) is 2.28. The lowest BCUT2D eigenvalue weighted by Crippen LogP contribution is -2.30. The predicted octanol–water partition coefficient (Wildman–Crippen LogP) is 4.57. The van der Waals surface area contributed by atoms with Crippen molar-refractivity contribution in [3.05, 3.63) is 34.3 Å². The summed E-state index contributed by atoms with van der Waals surface area (Å²) in [6, 6.07) is 8.27. The zero-order valence-corrected chi connectivity index (χ0v) is 12.9. The maximum absolute atomic E-state index is 10.4. The van der Waals surface area contributed by atoms with Gasteiger partial charge in [-0.25, -0.2) is 0 Å². The van der Waals surface area contributed by atoms with Gasteiger partial charge in [0.05, 0.1) is 6.10 Å². The van der Waals surface area contributed by atoms with Gasteiger partial charge in [0.2, 0.25) is 0 Å². The normalized spacial score (nSPS) is 21.8. The number of benzene rings is 1. The van der Waals surface area contributed by atoms with E-state index in [1.165, 1.54) is 31.2 Å². The lowest BCUT2D eigenvalue weighted by Gasteiger charge is -2.36. The molecule has 0 heterocycles. The Morgan fingerprint density at radius 1 is 1.33 bits per heavy atom. The Morgan fingerprint density at radius 3 is 2.61 bits per heavy atom. The van der Waals surface area contributed by atoms with Crippen LogP contribution in [0.3, 0.4) is 0 Å². The largest absolute Gasteiger partial charge is 0.392 e. The summed E-state index contributed by atoms with van der Waals surface area (Å²) >= 11 is 3.48. The fraction of sp³-hybridized carbons (Fsp3) is 0.625. The molecule has 0 radical (unpaired) electrons. The first-order valence-electron chi connectivity index (χ1n) is 6.89. The van der Waals surface area contributed by atoms with E-state index in [0.717, 1.165) is 10.9 Å². The van der Waals surface area contributed by atoms with Crippen molar-refractivity contribution in [2.24, 2.45) is 11.3 Å². The fourth-order valence-corrected chi connectivity index (χ4v) is 3.33. The van der Waals surface area contributed by atoms with Crippen LogP contribution in [0.5, 0.6) is 0 Å². The quantitative estimate of drug-likeness (QED) is 0.867. The molecule has 18 heavy (non-hydrogen) atoms. The summed E-state index contributed by atoms with van der Waals surface area (Å²) in [6.07, 6.45) is 5.42. The van der Waals surface area contributed by atoms with Crippen LogP contribution in [0.1, 0.15) is 45.1 Å². The molecule has 100 valence electrons. The summed E-state index contributed by atoms with van der Waals surface area (Å²) < 4.78 is 1.09. The molecule has 1 aliphatic rings.